The standard InChI is InChI=1S/C35H41F2N3O3/c1-2-3-20-40-30(33(26-10-6-4-7-11-26)39-34(40)27-12-8-5-9-13-27)22-29(25-15-17-28(18-16-25)43-35(36)37)38-23-24-14-19-31(41)32(42)21-24/h4-13,15-18,24,29,31-32,35,38,41-42H,2-3,14,19-23H2,1H3. The third-order valence-corrected chi connectivity index (χ3v) is 8.33. The fraction of sp³-hybridized carbons (Fsp3) is 0.400. The molecule has 0 amide bonds. The van der Waals surface area contributed by atoms with Gasteiger partial charge in [-0.3, -0.25) is 0 Å². The van der Waals surface area contributed by atoms with Crippen LogP contribution < -0.4 is 10.1 Å². The van der Waals surface area contributed by atoms with Crippen LogP contribution in [0.1, 0.15) is 56.3 Å². The fourth-order valence-electron chi connectivity index (χ4n) is 5.98. The van der Waals surface area contributed by atoms with E-state index in [1.54, 1.807) is 12.1 Å². The molecule has 6 nitrogen and oxygen atoms in total. The van der Waals surface area contributed by atoms with Gasteiger partial charge in [-0.25, -0.2) is 4.98 Å². The molecule has 4 atom stereocenters. The van der Waals surface area contributed by atoms with Crippen molar-refractivity contribution >= 4 is 0 Å². The Labute approximate surface area is 252 Å². The van der Waals surface area contributed by atoms with Gasteiger partial charge in [-0.2, -0.15) is 8.78 Å². The molecule has 1 aliphatic carbocycles. The van der Waals surface area contributed by atoms with Crippen LogP contribution in [0.5, 0.6) is 5.75 Å². The van der Waals surface area contributed by atoms with Crippen LogP contribution in [-0.2, 0) is 13.0 Å². The van der Waals surface area contributed by atoms with Crippen molar-refractivity contribution in [2.45, 2.75) is 76.9 Å². The second kappa shape index (κ2) is 14.7. The number of imidazole rings is 1. The van der Waals surface area contributed by atoms with Gasteiger partial charge in [0.1, 0.15) is 11.6 Å². The predicted octanol–water partition coefficient (Wildman–Crippen LogP) is 7.01. The molecule has 1 aromatic heterocycles. The van der Waals surface area contributed by atoms with Crippen LogP contribution in [0.2, 0.25) is 0 Å². The number of nitrogens with one attached hydrogen (secondary N) is 1. The minimum absolute atomic E-state index is 0.117. The molecule has 1 saturated carbocycles. The van der Waals surface area contributed by atoms with Crippen molar-refractivity contribution in [2.24, 2.45) is 5.92 Å². The number of aliphatic hydroxyl groups is 2. The van der Waals surface area contributed by atoms with Crippen LogP contribution in [0.15, 0.2) is 84.9 Å². The molecule has 43 heavy (non-hydrogen) atoms. The van der Waals surface area contributed by atoms with Crippen molar-refractivity contribution in [3.63, 3.8) is 0 Å². The molecule has 0 saturated heterocycles. The Bertz CT molecular complexity index is 1410. The van der Waals surface area contributed by atoms with E-state index in [1.807, 2.05) is 48.5 Å². The minimum atomic E-state index is -2.88. The summed E-state index contributed by atoms with van der Waals surface area (Å²) >= 11 is 0. The second-order valence-corrected chi connectivity index (χ2v) is 11.4. The highest BCUT2D eigenvalue weighted by Crippen LogP contribution is 2.34. The average Bonchev–Trinajstić information content (AvgIpc) is 3.38. The first-order valence-electron chi connectivity index (χ1n) is 15.3. The molecule has 0 bridgehead atoms. The Balaban J connectivity index is 1.54. The lowest BCUT2D eigenvalue weighted by molar-refractivity contribution is -0.0498. The van der Waals surface area contributed by atoms with Gasteiger partial charge in [0.25, 0.3) is 0 Å². The second-order valence-electron chi connectivity index (χ2n) is 11.4. The molecule has 4 aromatic rings. The number of hydrogen-bond acceptors (Lipinski definition) is 5. The van der Waals surface area contributed by atoms with Crippen molar-refractivity contribution in [1.29, 1.82) is 0 Å². The van der Waals surface area contributed by atoms with E-state index in [9.17, 15) is 19.0 Å². The molecule has 0 aliphatic heterocycles. The first-order chi connectivity index (χ1) is 20.9. The lowest BCUT2D eigenvalue weighted by atomic mass is 9.85. The van der Waals surface area contributed by atoms with Gasteiger partial charge in [-0.1, -0.05) is 86.1 Å². The smallest absolute Gasteiger partial charge is 0.387 e. The normalized spacial score (nSPS) is 19.4. The van der Waals surface area contributed by atoms with E-state index < -0.39 is 18.8 Å². The lowest BCUT2D eigenvalue weighted by Crippen LogP contribution is -2.38. The Morgan fingerprint density at radius 3 is 2.21 bits per heavy atom. The van der Waals surface area contributed by atoms with Crippen molar-refractivity contribution in [2.75, 3.05) is 6.54 Å². The molecule has 8 heteroatoms. The van der Waals surface area contributed by atoms with E-state index in [-0.39, 0.29) is 17.7 Å². The van der Waals surface area contributed by atoms with Crippen LogP contribution in [0.4, 0.5) is 8.78 Å². The van der Waals surface area contributed by atoms with Crippen LogP contribution in [-0.4, -0.2) is 45.1 Å². The molecule has 228 valence electrons. The third kappa shape index (κ3) is 7.88. The van der Waals surface area contributed by atoms with Crippen LogP contribution >= 0.6 is 0 Å². The molecule has 0 radical (unpaired) electrons. The summed E-state index contributed by atoms with van der Waals surface area (Å²) in [5.41, 5.74) is 5.06. The maximum absolute atomic E-state index is 12.9. The molecular formula is C35H41F2N3O3. The van der Waals surface area contributed by atoms with Gasteiger partial charge in [0.15, 0.2) is 0 Å². The topological polar surface area (TPSA) is 79.5 Å². The zero-order valence-electron chi connectivity index (χ0n) is 24.6. The summed E-state index contributed by atoms with van der Waals surface area (Å²) in [6, 6.07) is 27.1. The van der Waals surface area contributed by atoms with Gasteiger partial charge < -0.3 is 24.8 Å². The van der Waals surface area contributed by atoms with Crippen LogP contribution in [0.3, 0.4) is 0 Å². The van der Waals surface area contributed by atoms with Gasteiger partial charge in [0.2, 0.25) is 0 Å². The number of rotatable bonds is 13. The predicted molar refractivity (Wildman–Crippen MR) is 165 cm³/mol. The summed E-state index contributed by atoms with van der Waals surface area (Å²) in [4.78, 5) is 5.24. The number of nitrogens with zero attached hydrogens (tertiary/aromatic N) is 2. The summed E-state index contributed by atoms with van der Waals surface area (Å²) in [6.45, 7) is 0.764. The number of alkyl halides is 2. The monoisotopic (exact) mass is 589 g/mol. The molecular weight excluding hydrogens is 548 g/mol. The van der Waals surface area contributed by atoms with E-state index >= 15 is 0 Å². The van der Waals surface area contributed by atoms with E-state index in [0.29, 0.717) is 25.8 Å². The zero-order valence-corrected chi connectivity index (χ0v) is 24.6. The third-order valence-electron chi connectivity index (χ3n) is 8.33. The van der Waals surface area contributed by atoms with Gasteiger partial charge in [-0.05, 0) is 55.8 Å². The molecule has 5 rings (SSSR count). The van der Waals surface area contributed by atoms with Gasteiger partial charge >= 0.3 is 6.61 Å². The number of benzene rings is 3. The molecule has 1 heterocycles. The summed E-state index contributed by atoms with van der Waals surface area (Å²) in [5.74, 6) is 1.25. The maximum atomic E-state index is 12.9. The highest BCUT2D eigenvalue weighted by atomic mass is 19.3. The fourth-order valence-corrected chi connectivity index (χ4v) is 5.98. The Hall–Kier alpha value is -3.59. The molecule has 3 N–H and O–H groups in total. The summed E-state index contributed by atoms with van der Waals surface area (Å²) in [5, 5.41) is 24.1. The average molecular weight is 590 g/mol. The Morgan fingerprint density at radius 2 is 1.58 bits per heavy atom. The van der Waals surface area contributed by atoms with Gasteiger partial charge in [0, 0.05) is 35.8 Å². The highest BCUT2D eigenvalue weighted by molar-refractivity contribution is 5.68. The molecule has 3 aromatic carbocycles. The minimum Gasteiger partial charge on any atom is -0.435 e. The molecule has 1 aliphatic rings. The number of halogens is 2. The van der Waals surface area contributed by atoms with E-state index in [2.05, 4.69) is 45.8 Å². The number of aliphatic hydroxyl groups excluding tert-OH is 2. The summed E-state index contributed by atoms with van der Waals surface area (Å²) < 4.78 is 32.7. The molecule has 4 unspecified atom stereocenters. The van der Waals surface area contributed by atoms with Gasteiger partial charge in [-0.15, -0.1) is 0 Å². The summed E-state index contributed by atoms with van der Waals surface area (Å²) in [6.07, 6.45) is 3.17. The number of aromatic nitrogens is 2. The van der Waals surface area contributed by atoms with Crippen LogP contribution in [0.25, 0.3) is 22.6 Å². The zero-order chi connectivity index (χ0) is 30.2. The Kier molecular flexibility index (Phi) is 10.6. The van der Waals surface area contributed by atoms with Crippen LogP contribution in [0, 0.1) is 5.92 Å². The molecule has 1 fully saturated rings. The van der Waals surface area contributed by atoms with E-state index in [0.717, 1.165) is 59.7 Å². The first kappa shape index (κ1) is 30.9. The first-order valence-corrected chi connectivity index (χ1v) is 15.3. The molecule has 0 spiro atoms. The summed E-state index contributed by atoms with van der Waals surface area (Å²) in [7, 11) is 0. The van der Waals surface area contributed by atoms with E-state index in [4.69, 9.17) is 4.98 Å². The van der Waals surface area contributed by atoms with Gasteiger partial charge in [0.05, 0.1) is 17.9 Å². The number of unbranched alkanes of at least 4 members (excludes halogenated alkanes) is 1. The largest absolute Gasteiger partial charge is 0.435 e. The van der Waals surface area contributed by atoms with E-state index in [1.165, 1.54) is 0 Å². The number of hydrogen-bond donors (Lipinski definition) is 3. The Morgan fingerprint density at radius 1 is 0.907 bits per heavy atom. The SMILES string of the molecule is CCCCn1c(-c2ccccc2)nc(-c2ccccc2)c1CC(NCC1CCC(O)C(O)C1)c1ccc(OC(F)F)cc1. The lowest BCUT2D eigenvalue weighted by Gasteiger charge is -2.31. The van der Waals surface area contributed by atoms with Crippen molar-refractivity contribution in [3.05, 3.63) is 96.2 Å². The maximum Gasteiger partial charge on any atom is 0.387 e. The van der Waals surface area contributed by atoms with Crippen molar-refractivity contribution < 1.29 is 23.7 Å². The van der Waals surface area contributed by atoms with Crippen molar-refractivity contribution in [1.82, 2.24) is 14.9 Å². The highest BCUT2D eigenvalue weighted by Gasteiger charge is 2.29. The quantitative estimate of drug-likeness (QED) is 0.156. The van der Waals surface area contributed by atoms with Crippen molar-refractivity contribution in [3.8, 4) is 28.4 Å². The number of ether oxygens (including phenoxy) is 1.